The van der Waals surface area contributed by atoms with Crippen molar-refractivity contribution in [2.24, 2.45) is 0 Å². The van der Waals surface area contributed by atoms with Crippen LogP contribution in [0.3, 0.4) is 0 Å². The first kappa shape index (κ1) is 12.7. The first-order valence-corrected chi connectivity index (χ1v) is 6.34. The van der Waals surface area contributed by atoms with Gasteiger partial charge < -0.3 is 9.88 Å². The van der Waals surface area contributed by atoms with E-state index in [9.17, 15) is 4.39 Å². The van der Waals surface area contributed by atoms with Crippen LogP contribution in [0.25, 0.3) is 0 Å². The third kappa shape index (κ3) is 2.92. The van der Waals surface area contributed by atoms with Crippen molar-refractivity contribution >= 4 is 5.69 Å². The molecular weight excluding hydrogens is 227 g/mol. The molecule has 2 rings (SSSR count). The Morgan fingerprint density at radius 3 is 2.89 bits per heavy atom. The number of benzene rings is 1. The van der Waals surface area contributed by atoms with Gasteiger partial charge in [-0.15, -0.1) is 0 Å². The van der Waals surface area contributed by atoms with Crippen molar-refractivity contribution in [2.45, 2.75) is 33.4 Å². The molecule has 0 spiro atoms. The maximum absolute atomic E-state index is 13.4. The molecule has 0 fully saturated rings. The Morgan fingerprint density at radius 2 is 2.11 bits per heavy atom. The van der Waals surface area contributed by atoms with Gasteiger partial charge in [0.1, 0.15) is 5.82 Å². The third-order valence-corrected chi connectivity index (χ3v) is 3.04. The number of rotatable bonds is 5. The van der Waals surface area contributed by atoms with Gasteiger partial charge in [0.2, 0.25) is 0 Å². The fourth-order valence-electron chi connectivity index (χ4n) is 1.99. The largest absolute Gasteiger partial charge is 0.381 e. The van der Waals surface area contributed by atoms with E-state index in [1.807, 2.05) is 6.07 Å². The summed E-state index contributed by atoms with van der Waals surface area (Å²) in [5, 5.41) is 3.27. The van der Waals surface area contributed by atoms with E-state index >= 15 is 0 Å². The predicted molar refractivity (Wildman–Crippen MR) is 73.2 cm³/mol. The minimum absolute atomic E-state index is 0.163. The number of hydrogen-bond donors (Lipinski definition) is 1. The summed E-state index contributed by atoms with van der Waals surface area (Å²) in [6, 6.07) is 7.21. The molecule has 0 unspecified atom stereocenters. The van der Waals surface area contributed by atoms with Crippen LogP contribution in [-0.4, -0.2) is 4.57 Å². The number of aryl methyl sites for hydroxylation is 1. The average Bonchev–Trinajstić information content (AvgIpc) is 2.79. The van der Waals surface area contributed by atoms with Crippen LogP contribution in [0, 0.1) is 12.7 Å². The Bertz CT molecular complexity index is 517. The molecule has 2 aromatic rings. The van der Waals surface area contributed by atoms with Crippen LogP contribution in [0.1, 0.15) is 24.5 Å². The van der Waals surface area contributed by atoms with E-state index in [2.05, 4.69) is 35.3 Å². The molecule has 96 valence electrons. The Hall–Kier alpha value is -1.77. The molecule has 0 atom stereocenters. The maximum Gasteiger partial charge on any atom is 0.128 e. The second-order valence-corrected chi connectivity index (χ2v) is 4.52. The van der Waals surface area contributed by atoms with Crippen LogP contribution in [0.4, 0.5) is 10.1 Å². The summed E-state index contributed by atoms with van der Waals surface area (Å²) in [5.41, 5.74) is 2.75. The van der Waals surface area contributed by atoms with Crippen molar-refractivity contribution in [3.63, 3.8) is 0 Å². The van der Waals surface area contributed by atoms with Gasteiger partial charge in [0.05, 0.1) is 0 Å². The van der Waals surface area contributed by atoms with Crippen LogP contribution >= 0.6 is 0 Å². The van der Waals surface area contributed by atoms with Gasteiger partial charge in [0, 0.05) is 36.7 Å². The number of halogens is 1. The smallest absolute Gasteiger partial charge is 0.128 e. The molecule has 0 aliphatic heterocycles. The highest BCUT2D eigenvalue weighted by Gasteiger charge is 2.03. The fourth-order valence-corrected chi connectivity index (χ4v) is 1.99. The lowest BCUT2D eigenvalue weighted by atomic mass is 10.2. The fraction of sp³-hybridized carbons (Fsp3) is 0.333. The predicted octanol–water partition coefficient (Wildman–Crippen LogP) is 3.96. The molecule has 0 saturated carbocycles. The molecule has 0 amide bonds. The quantitative estimate of drug-likeness (QED) is 0.845. The minimum Gasteiger partial charge on any atom is -0.381 e. The van der Waals surface area contributed by atoms with Gasteiger partial charge in [-0.05, 0) is 37.1 Å². The Kier molecular flexibility index (Phi) is 4.03. The molecule has 2 nitrogen and oxygen atoms in total. The molecule has 0 radical (unpaired) electrons. The van der Waals surface area contributed by atoms with Gasteiger partial charge in [-0.1, -0.05) is 13.0 Å². The van der Waals surface area contributed by atoms with Crippen molar-refractivity contribution < 1.29 is 4.39 Å². The zero-order chi connectivity index (χ0) is 13.0. The molecule has 0 aliphatic carbocycles. The minimum atomic E-state index is -0.163. The van der Waals surface area contributed by atoms with E-state index < -0.39 is 0 Å². The van der Waals surface area contributed by atoms with Crippen molar-refractivity contribution in [1.29, 1.82) is 0 Å². The van der Waals surface area contributed by atoms with Crippen molar-refractivity contribution in [1.82, 2.24) is 4.57 Å². The molecule has 18 heavy (non-hydrogen) atoms. The Morgan fingerprint density at radius 1 is 1.28 bits per heavy atom. The van der Waals surface area contributed by atoms with Gasteiger partial charge >= 0.3 is 0 Å². The lowest BCUT2D eigenvalue weighted by molar-refractivity contribution is 0.619. The Balaban J connectivity index is 2.00. The number of aromatic nitrogens is 1. The summed E-state index contributed by atoms with van der Waals surface area (Å²) in [7, 11) is 0. The summed E-state index contributed by atoms with van der Waals surface area (Å²) >= 11 is 0. The van der Waals surface area contributed by atoms with Gasteiger partial charge in [-0.25, -0.2) is 4.39 Å². The molecule has 3 heteroatoms. The van der Waals surface area contributed by atoms with Crippen LogP contribution < -0.4 is 5.32 Å². The zero-order valence-electron chi connectivity index (χ0n) is 10.9. The van der Waals surface area contributed by atoms with Gasteiger partial charge in [-0.2, -0.15) is 0 Å². The van der Waals surface area contributed by atoms with Crippen LogP contribution in [0.5, 0.6) is 0 Å². The molecule has 1 heterocycles. The summed E-state index contributed by atoms with van der Waals surface area (Å²) in [6.45, 7) is 5.72. The van der Waals surface area contributed by atoms with E-state index in [1.165, 1.54) is 11.6 Å². The monoisotopic (exact) mass is 246 g/mol. The lowest BCUT2D eigenvalue weighted by Gasteiger charge is -2.09. The lowest BCUT2D eigenvalue weighted by Crippen LogP contribution is -2.01. The SMILES string of the molecule is CCCn1ccc(CNc2cccc(F)c2C)c1. The number of anilines is 1. The first-order valence-electron chi connectivity index (χ1n) is 6.34. The maximum atomic E-state index is 13.4. The van der Waals surface area contributed by atoms with Gasteiger partial charge in [0.15, 0.2) is 0 Å². The molecule has 1 N–H and O–H groups in total. The first-order chi connectivity index (χ1) is 8.70. The molecular formula is C15H19FN2. The van der Waals surface area contributed by atoms with Crippen molar-refractivity contribution in [2.75, 3.05) is 5.32 Å². The topological polar surface area (TPSA) is 17.0 Å². The second-order valence-electron chi connectivity index (χ2n) is 4.52. The average molecular weight is 246 g/mol. The summed E-state index contributed by atoms with van der Waals surface area (Å²) in [4.78, 5) is 0. The summed E-state index contributed by atoms with van der Waals surface area (Å²) in [5.74, 6) is -0.163. The van der Waals surface area contributed by atoms with Crippen LogP contribution in [-0.2, 0) is 13.1 Å². The van der Waals surface area contributed by atoms with Gasteiger partial charge in [-0.3, -0.25) is 0 Å². The second kappa shape index (κ2) is 5.71. The van der Waals surface area contributed by atoms with E-state index in [0.29, 0.717) is 5.56 Å². The van der Waals surface area contributed by atoms with E-state index in [-0.39, 0.29) is 5.82 Å². The summed E-state index contributed by atoms with van der Waals surface area (Å²) < 4.78 is 15.5. The molecule has 1 aromatic heterocycles. The molecule has 0 saturated heterocycles. The number of nitrogens with zero attached hydrogens (tertiary/aromatic N) is 1. The van der Waals surface area contributed by atoms with Crippen LogP contribution in [0.15, 0.2) is 36.7 Å². The van der Waals surface area contributed by atoms with Gasteiger partial charge in [0.25, 0.3) is 0 Å². The van der Waals surface area contributed by atoms with E-state index in [1.54, 1.807) is 13.0 Å². The number of hydrogen-bond acceptors (Lipinski definition) is 1. The highest BCUT2D eigenvalue weighted by atomic mass is 19.1. The molecule has 1 aromatic carbocycles. The summed E-state index contributed by atoms with van der Waals surface area (Å²) in [6.07, 6.45) is 5.34. The Labute approximate surface area is 107 Å². The zero-order valence-corrected chi connectivity index (χ0v) is 10.9. The standard InChI is InChI=1S/C15H19FN2/c1-3-8-18-9-7-13(11-18)10-17-15-6-4-5-14(16)12(15)2/h4-7,9,11,17H,3,8,10H2,1-2H3. The van der Waals surface area contributed by atoms with E-state index in [4.69, 9.17) is 0 Å². The van der Waals surface area contributed by atoms with Crippen molar-refractivity contribution in [3.05, 3.63) is 53.6 Å². The van der Waals surface area contributed by atoms with E-state index in [0.717, 1.165) is 25.2 Å². The highest BCUT2D eigenvalue weighted by Crippen LogP contribution is 2.18. The van der Waals surface area contributed by atoms with Crippen molar-refractivity contribution in [3.8, 4) is 0 Å². The third-order valence-electron chi connectivity index (χ3n) is 3.04. The highest BCUT2D eigenvalue weighted by molar-refractivity contribution is 5.51. The normalized spacial score (nSPS) is 10.6. The molecule has 0 aliphatic rings. The molecule has 0 bridgehead atoms. The number of nitrogens with one attached hydrogen (secondary N) is 1. The van der Waals surface area contributed by atoms with Crippen LogP contribution in [0.2, 0.25) is 0 Å².